The van der Waals surface area contributed by atoms with Gasteiger partial charge in [0.2, 0.25) is 11.5 Å². The first kappa shape index (κ1) is 14.0. The molecule has 6 nitrogen and oxygen atoms in total. The number of hydrogen-bond acceptors (Lipinski definition) is 6. The molecule has 0 atom stereocenters. The Hall–Kier alpha value is -2.37. The Bertz CT molecular complexity index is 655. The second-order valence-electron chi connectivity index (χ2n) is 4.07. The van der Waals surface area contributed by atoms with Crippen LogP contribution in [-0.4, -0.2) is 34.4 Å². The molecule has 0 aliphatic heterocycles. The summed E-state index contributed by atoms with van der Waals surface area (Å²) in [5.74, 6) is 0.990. The van der Waals surface area contributed by atoms with Crippen molar-refractivity contribution >= 4 is 16.9 Å². The lowest BCUT2D eigenvalue weighted by Crippen LogP contribution is -1.98. The van der Waals surface area contributed by atoms with Gasteiger partial charge in [-0.05, 0) is 6.92 Å². The van der Waals surface area contributed by atoms with Crippen molar-refractivity contribution < 1.29 is 28.2 Å². The maximum atomic E-state index is 11.6. The Labute approximate surface area is 116 Å². The zero-order valence-electron chi connectivity index (χ0n) is 12.0. The van der Waals surface area contributed by atoms with Crippen LogP contribution in [0.1, 0.15) is 16.1 Å². The summed E-state index contributed by atoms with van der Waals surface area (Å²) in [6.07, 6.45) is 0. The lowest BCUT2D eigenvalue weighted by Gasteiger charge is -2.14. The Morgan fingerprint density at radius 2 is 1.60 bits per heavy atom. The predicted octanol–water partition coefficient (Wildman–Crippen LogP) is 2.55. The molecule has 0 fully saturated rings. The molecule has 0 radical (unpaired) electrons. The summed E-state index contributed by atoms with van der Waals surface area (Å²) in [5.41, 5.74) is 1.14. The third-order valence-electron chi connectivity index (χ3n) is 3.07. The zero-order chi connectivity index (χ0) is 14.9. The van der Waals surface area contributed by atoms with Crippen LogP contribution in [0.2, 0.25) is 0 Å². The molecule has 0 bridgehead atoms. The fourth-order valence-electron chi connectivity index (χ4n) is 2.20. The minimum atomic E-state index is -0.568. The summed E-state index contributed by atoms with van der Waals surface area (Å²) in [5, 5.41) is 0.628. The molecule has 0 amide bonds. The largest absolute Gasteiger partial charge is 0.496 e. The summed E-state index contributed by atoms with van der Waals surface area (Å²) in [6, 6.07) is 1.56. The molecule has 0 saturated carbocycles. The molecule has 2 aromatic rings. The molecule has 0 spiro atoms. The van der Waals surface area contributed by atoms with Crippen molar-refractivity contribution in [3.8, 4) is 17.2 Å². The first-order chi connectivity index (χ1) is 9.58. The van der Waals surface area contributed by atoms with Crippen LogP contribution in [0, 0.1) is 6.92 Å². The van der Waals surface area contributed by atoms with Crippen LogP contribution >= 0.6 is 0 Å². The van der Waals surface area contributed by atoms with Crippen molar-refractivity contribution in [3.63, 3.8) is 0 Å². The van der Waals surface area contributed by atoms with Crippen LogP contribution in [0.3, 0.4) is 0 Å². The van der Waals surface area contributed by atoms with Gasteiger partial charge in [-0.1, -0.05) is 0 Å². The van der Waals surface area contributed by atoms with Crippen LogP contribution in [-0.2, 0) is 4.74 Å². The Kier molecular flexibility index (Phi) is 3.74. The number of hydrogen-bond donors (Lipinski definition) is 0. The van der Waals surface area contributed by atoms with Crippen molar-refractivity contribution in [2.45, 2.75) is 6.92 Å². The van der Waals surface area contributed by atoms with Crippen LogP contribution in [0.25, 0.3) is 11.0 Å². The van der Waals surface area contributed by atoms with Gasteiger partial charge in [0.1, 0.15) is 5.75 Å². The van der Waals surface area contributed by atoms with E-state index in [-0.39, 0.29) is 5.76 Å². The van der Waals surface area contributed by atoms with Crippen molar-refractivity contribution in [1.82, 2.24) is 0 Å². The number of methoxy groups -OCH3 is 4. The lowest BCUT2D eigenvalue weighted by atomic mass is 10.1. The molecule has 1 aromatic carbocycles. The molecule has 108 valence electrons. The maximum absolute atomic E-state index is 11.6. The van der Waals surface area contributed by atoms with E-state index in [0.29, 0.717) is 28.2 Å². The quantitative estimate of drug-likeness (QED) is 0.802. The van der Waals surface area contributed by atoms with E-state index in [1.54, 1.807) is 13.2 Å². The Balaban J connectivity index is 2.85. The second kappa shape index (κ2) is 5.32. The number of ether oxygens (including phenoxy) is 4. The summed E-state index contributed by atoms with van der Waals surface area (Å²) >= 11 is 0. The van der Waals surface area contributed by atoms with Gasteiger partial charge in [-0.2, -0.15) is 0 Å². The average Bonchev–Trinajstić information content (AvgIpc) is 2.89. The van der Waals surface area contributed by atoms with Crippen molar-refractivity contribution in [2.24, 2.45) is 0 Å². The summed E-state index contributed by atoms with van der Waals surface area (Å²) in [7, 11) is 5.86. The molecular formula is C14H16O6. The highest BCUT2D eigenvalue weighted by molar-refractivity contribution is 5.99. The van der Waals surface area contributed by atoms with Crippen LogP contribution in [0.4, 0.5) is 0 Å². The fourth-order valence-corrected chi connectivity index (χ4v) is 2.20. The standard InChI is InChI=1S/C14H16O6/c1-7-10(16-2)8-6-9(14(15)19-5)20-12(8)13(18-4)11(7)17-3/h6H,1-5H3. The van der Waals surface area contributed by atoms with Gasteiger partial charge in [-0.3, -0.25) is 0 Å². The molecular weight excluding hydrogens is 264 g/mol. The highest BCUT2D eigenvalue weighted by Gasteiger charge is 2.25. The van der Waals surface area contributed by atoms with Gasteiger partial charge in [0.15, 0.2) is 11.3 Å². The number of benzene rings is 1. The van der Waals surface area contributed by atoms with Crippen molar-refractivity contribution in [3.05, 3.63) is 17.4 Å². The van der Waals surface area contributed by atoms with Crippen molar-refractivity contribution in [1.29, 1.82) is 0 Å². The predicted molar refractivity (Wildman–Crippen MR) is 71.9 cm³/mol. The minimum Gasteiger partial charge on any atom is -0.496 e. The highest BCUT2D eigenvalue weighted by Crippen LogP contribution is 2.46. The molecule has 0 saturated heterocycles. The molecule has 2 rings (SSSR count). The van der Waals surface area contributed by atoms with E-state index in [2.05, 4.69) is 4.74 Å². The van der Waals surface area contributed by atoms with Gasteiger partial charge in [-0.25, -0.2) is 4.79 Å². The van der Waals surface area contributed by atoms with Crippen LogP contribution < -0.4 is 14.2 Å². The number of carbonyl (C=O) groups is 1. The van der Waals surface area contributed by atoms with Gasteiger partial charge in [-0.15, -0.1) is 0 Å². The Morgan fingerprint density at radius 3 is 2.10 bits per heavy atom. The molecule has 0 aliphatic rings. The molecule has 1 aromatic heterocycles. The molecule has 0 aliphatic carbocycles. The molecule has 6 heteroatoms. The van der Waals surface area contributed by atoms with E-state index in [9.17, 15) is 4.79 Å². The van der Waals surface area contributed by atoms with Gasteiger partial charge >= 0.3 is 5.97 Å². The number of rotatable bonds is 4. The highest BCUT2D eigenvalue weighted by atomic mass is 16.5. The van der Waals surface area contributed by atoms with E-state index in [1.807, 2.05) is 6.92 Å². The molecule has 20 heavy (non-hydrogen) atoms. The Morgan fingerprint density at radius 1 is 1.00 bits per heavy atom. The van der Waals surface area contributed by atoms with E-state index in [0.717, 1.165) is 5.56 Å². The first-order valence-corrected chi connectivity index (χ1v) is 5.89. The summed E-state index contributed by atoms with van der Waals surface area (Å²) < 4.78 is 26.2. The van der Waals surface area contributed by atoms with Crippen molar-refractivity contribution in [2.75, 3.05) is 28.4 Å². The first-order valence-electron chi connectivity index (χ1n) is 5.89. The topological polar surface area (TPSA) is 67.1 Å². The van der Waals surface area contributed by atoms with Crippen LogP contribution in [0.5, 0.6) is 17.2 Å². The smallest absolute Gasteiger partial charge is 0.373 e. The number of esters is 1. The SMILES string of the molecule is COC(=O)c1cc2c(OC)c(C)c(OC)c(OC)c2o1. The number of furan rings is 1. The summed E-state index contributed by atoms with van der Waals surface area (Å²) in [4.78, 5) is 11.6. The zero-order valence-corrected chi connectivity index (χ0v) is 12.0. The number of carbonyl (C=O) groups excluding carboxylic acids is 1. The van der Waals surface area contributed by atoms with E-state index in [4.69, 9.17) is 18.6 Å². The third kappa shape index (κ3) is 1.93. The normalized spacial score (nSPS) is 10.4. The lowest BCUT2D eigenvalue weighted by molar-refractivity contribution is 0.0567. The van der Waals surface area contributed by atoms with Gasteiger partial charge in [0, 0.05) is 11.6 Å². The van der Waals surface area contributed by atoms with E-state index >= 15 is 0 Å². The minimum absolute atomic E-state index is 0.0757. The van der Waals surface area contributed by atoms with E-state index in [1.165, 1.54) is 21.3 Å². The average molecular weight is 280 g/mol. The fraction of sp³-hybridized carbons (Fsp3) is 0.357. The van der Waals surface area contributed by atoms with Crippen LogP contribution in [0.15, 0.2) is 10.5 Å². The maximum Gasteiger partial charge on any atom is 0.373 e. The van der Waals surface area contributed by atoms with Gasteiger partial charge < -0.3 is 23.4 Å². The number of fused-ring (bicyclic) bond motifs is 1. The van der Waals surface area contributed by atoms with Gasteiger partial charge in [0.05, 0.1) is 33.8 Å². The van der Waals surface area contributed by atoms with Gasteiger partial charge in [0.25, 0.3) is 0 Å². The monoisotopic (exact) mass is 280 g/mol. The molecule has 0 N–H and O–H groups in total. The molecule has 0 unspecified atom stereocenters. The third-order valence-corrected chi connectivity index (χ3v) is 3.07. The summed E-state index contributed by atoms with van der Waals surface area (Å²) in [6.45, 7) is 1.84. The molecule has 1 heterocycles. The second-order valence-corrected chi connectivity index (χ2v) is 4.07. The van der Waals surface area contributed by atoms with E-state index < -0.39 is 5.97 Å².